The first-order valence-corrected chi connectivity index (χ1v) is 5.08. The lowest BCUT2D eigenvalue weighted by molar-refractivity contribution is 0.881. The maximum Gasteiger partial charge on any atom is 0.205 e. The highest BCUT2D eigenvalue weighted by atomic mass is 15.5. The number of hydrogen-bond donors (Lipinski definition) is 1. The lowest BCUT2D eigenvalue weighted by Gasteiger charge is -2.05. The number of aromatic nitrogens is 4. The lowest BCUT2D eigenvalue weighted by atomic mass is 10.0. The number of nitrogens with zero attached hydrogens (tertiary/aromatic N) is 3. The van der Waals surface area contributed by atoms with Crippen LogP contribution >= 0.6 is 0 Å². The largest absolute Gasteiger partial charge is 0.205 e. The van der Waals surface area contributed by atoms with Gasteiger partial charge in [0.15, 0.2) is 0 Å². The molecule has 0 radical (unpaired) electrons. The van der Waals surface area contributed by atoms with Crippen molar-refractivity contribution in [1.82, 2.24) is 20.6 Å². The molecule has 0 saturated carbocycles. The molecule has 1 N–H and O–H groups in total. The average Bonchev–Trinajstić information content (AvgIpc) is 2.83. The van der Waals surface area contributed by atoms with Crippen LogP contribution in [0.1, 0.15) is 5.56 Å². The van der Waals surface area contributed by atoms with Crippen LogP contribution < -0.4 is 0 Å². The summed E-state index contributed by atoms with van der Waals surface area (Å²) in [7, 11) is 0. The Kier molecular flexibility index (Phi) is 1.93. The van der Waals surface area contributed by atoms with E-state index in [0.29, 0.717) is 5.82 Å². The number of fused-ring (bicyclic) bond motifs is 1. The monoisotopic (exact) mass is 210 g/mol. The highest BCUT2D eigenvalue weighted by Gasteiger charge is 2.08. The van der Waals surface area contributed by atoms with Gasteiger partial charge in [0.1, 0.15) is 0 Å². The standard InChI is InChI=1S/C12H10N4/c1-8-6-7-11(12-13-15-16-14-12)10-5-3-2-4-9(8)10/h2-7H,1H3,(H,13,14,15,16). The molecule has 0 spiro atoms. The van der Waals surface area contributed by atoms with Gasteiger partial charge in [0.25, 0.3) is 0 Å². The summed E-state index contributed by atoms with van der Waals surface area (Å²) in [6.45, 7) is 2.10. The summed E-state index contributed by atoms with van der Waals surface area (Å²) < 4.78 is 0. The van der Waals surface area contributed by atoms with Crippen LogP contribution in [0.5, 0.6) is 0 Å². The predicted molar refractivity (Wildman–Crippen MR) is 61.9 cm³/mol. The third kappa shape index (κ3) is 1.27. The molecule has 0 aliphatic carbocycles. The van der Waals surface area contributed by atoms with Gasteiger partial charge in [-0.2, -0.15) is 5.21 Å². The van der Waals surface area contributed by atoms with Crippen LogP contribution in [-0.4, -0.2) is 20.6 Å². The Hall–Kier alpha value is -2.23. The summed E-state index contributed by atoms with van der Waals surface area (Å²) in [6.07, 6.45) is 0. The molecule has 2 aromatic carbocycles. The van der Waals surface area contributed by atoms with Gasteiger partial charge in [0.2, 0.25) is 5.82 Å². The topological polar surface area (TPSA) is 54.5 Å². The van der Waals surface area contributed by atoms with Crippen molar-refractivity contribution in [2.24, 2.45) is 0 Å². The number of aromatic amines is 1. The van der Waals surface area contributed by atoms with Gasteiger partial charge in [-0.25, -0.2) is 0 Å². The first-order chi connectivity index (χ1) is 7.86. The van der Waals surface area contributed by atoms with E-state index in [1.807, 2.05) is 18.2 Å². The maximum atomic E-state index is 4.02. The van der Waals surface area contributed by atoms with Crippen LogP contribution in [0.4, 0.5) is 0 Å². The molecule has 3 aromatic rings. The van der Waals surface area contributed by atoms with E-state index in [1.165, 1.54) is 10.9 Å². The summed E-state index contributed by atoms with van der Waals surface area (Å²) in [5, 5.41) is 16.5. The molecule has 0 saturated heterocycles. The summed E-state index contributed by atoms with van der Waals surface area (Å²) in [5.41, 5.74) is 2.26. The van der Waals surface area contributed by atoms with Crippen molar-refractivity contribution < 1.29 is 0 Å². The number of H-pyrrole nitrogens is 1. The van der Waals surface area contributed by atoms with Crippen LogP contribution in [0.3, 0.4) is 0 Å². The van der Waals surface area contributed by atoms with E-state index < -0.39 is 0 Å². The Morgan fingerprint density at radius 1 is 1.00 bits per heavy atom. The molecule has 0 amide bonds. The molecule has 4 nitrogen and oxygen atoms in total. The first kappa shape index (κ1) is 9.03. The molecule has 1 aromatic heterocycles. The van der Waals surface area contributed by atoms with E-state index in [4.69, 9.17) is 0 Å². The predicted octanol–water partition coefficient (Wildman–Crippen LogP) is 2.33. The second-order valence-corrected chi connectivity index (χ2v) is 3.71. The van der Waals surface area contributed by atoms with Gasteiger partial charge >= 0.3 is 0 Å². The van der Waals surface area contributed by atoms with Crippen molar-refractivity contribution >= 4 is 10.8 Å². The minimum atomic E-state index is 0.635. The minimum Gasteiger partial charge on any atom is -0.177 e. The van der Waals surface area contributed by atoms with Crippen molar-refractivity contribution in [3.63, 3.8) is 0 Å². The number of aryl methyl sites for hydroxylation is 1. The van der Waals surface area contributed by atoms with E-state index in [9.17, 15) is 0 Å². The third-order valence-electron chi connectivity index (χ3n) is 2.73. The van der Waals surface area contributed by atoms with Gasteiger partial charge in [0.05, 0.1) is 0 Å². The normalized spacial score (nSPS) is 10.8. The molecule has 3 rings (SSSR count). The Bertz CT molecular complexity index is 629. The van der Waals surface area contributed by atoms with Gasteiger partial charge < -0.3 is 0 Å². The third-order valence-corrected chi connectivity index (χ3v) is 2.73. The molecular weight excluding hydrogens is 200 g/mol. The van der Waals surface area contributed by atoms with Crippen LogP contribution in [-0.2, 0) is 0 Å². The Morgan fingerprint density at radius 2 is 1.81 bits per heavy atom. The molecule has 0 aliphatic heterocycles. The Balaban J connectivity index is 2.39. The van der Waals surface area contributed by atoms with E-state index in [0.717, 1.165) is 10.9 Å². The Morgan fingerprint density at radius 3 is 2.56 bits per heavy atom. The fourth-order valence-corrected chi connectivity index (χ4v) is 1.92. The Labute approximate surface area is 92.3 Å². The average molecular weight is 210 g/mol. The number of benzene rings is 2. The summed E-state index contributed by atoms with van der Waals surface area (Å²) >= 11 is 0. The van der Waals surface area contributed by atoms with Crippen LogP contribution in [0, 0.1) is 6.92 Å². The number of hydrogen-bond acceptors (Lipinski definition) is 3. The summed E-state index contributed by atoms with van der Waals surface area (Å²) in [6, 6.07) is 12.3. The number of tetrazole rings is 1. The van der Waals surface area contributed by atoms with E-state index in [1.54, 1.807) is 0 Å². The van der Waals surface area contributed by atoms with Crippen molar-refractivity contribution in [3.05, 3.63) is 42.0 Å². The lowest BCUT2D eigenvalue weighted by Crippen LogP contribution is -1.86. The maximum absolute atomic E-state index is 4.02. The van der Waals surface area contributed by atoms with Crippen molar-refractivity contribution in [2.45, 2.75) is 6.92 Å². The molecule has 0 fully saturated rings. The number of rotatable bonds is 1. The zero-order valence-electron chi connectivity index (χ0n) is 8.81. The van der Waals surface area contributed by atoms with E-state index in [2.05, 4.69) is 45.7 Å². The molecule has 1 heterocycles. The SMILES string of the molecule is Cc1ccc(-c2nn[nH]n2)c2ccccc12. The van der Waals surface area contributed by atoms with Gasteiger partial charge in [-0.3, -0.25) is 0 Å². The molecular formula is C12H10N4. The van der Waals surface area contributed by atoms with Gasteiger partial charge in [-0.15, -0.1) is 10.2 Å². The first-order valence-electron chi connectivity index (χ1n) is 5.08. The van der Waals surface area contributed by atoms with Crippen molar-refractivity contribution in [3.8, 4) is 11.4 Å². The van der Waals surface area contributed by atoms with Gasteiger partial charge in [-0.1, -0.05) is 36.4 Å². The summed E-state index contributed by atoms with van der Waals surface area (Å²) in [5.74, 6) is 0.635. The molecule has 78 valence electrons. The molecule has 0 bridgehead atoms. The second kappa shape index (κ2) is 3.41. The molecule has 0 unspecified atom stereocenters. The minimum absolute atomic E-state index is 0.635. The van der Waals surface area contributed by atoms with Crippen LogP contribution in [0.15, 0.2) is 36.4 Å². The van der Waals surface area contributed by atoms with Crippen molar-refractivity contribution in [2.75, 3.05) is 0 Å². The van der Waals surface area contributed by atoms with E-state index in [-0.39, 0.29) is 0 Å². The van der Waals surface area contributed by atoms with Gasteiger partial charge in [0, 0.05) is 5.56 Å². The molecule has 4 heteroatoms. The zero-order chi connectivity index (χ0) is 11.0. The highest BCUT2D eigenvalue weighted by molar-refractivity contribution is 5.96. The highest BCUT2D eigenvalue weighted by Crippen LogP contribution is 2.27. The van der Waals surface area contributed by atoms with Crippen LogP contribution in [0.2, 0.25) is 0 Å². The quantitative estimate of drug-likeness (QED) is 0.670. The smallest absolute Gasteiger partial charge is 0.177 e. The van der Waals surface area contributed by atoms with E-state index >= 15 is 0 Å². The fraction of sp³-hybridized carbons (Fsp3) is 0.0833. The molecule has 0 atom stereocenters. The van der Waals surface area contributed by atoms with Crippen molar-refractivity contribution in [1.29, 1.82) is 0 Å². The van der Waals surface area contributed by atoms with Crippen LogP contribution in [0.25, 0.3) is 22.2 Å². The second-order valence-electron chi connectivity index (χ2n) is 3.71. The number of nitrogens with one attached hydrogen (secondary N) is 1. The summed E-state index contributed by atoms with van der Waals surface area (Å²) in [4.78, 5) is 0. The van der Waals surface area contributed by atoms with Gasteiger partial charge in [-0.05, 0) is 28.5 Å². The fourth-order valence-electron chi connectivity index (χ4n) is 1.92. The molecule has 16 heavy (non-hydrogen) atoms. The molecule has 0 aliphatic rings. The zero-order valence-corrected chi connectivity index (χ0v) is 8.81.